The smallest absolute Gasteiger partial charge is 0.192 e. The van der Waals surface area contributed by atoms with Gasteiger partial charge in [0.2, 0.25) is 0 Å². The van der Waals surface area contributed by atoms with Crippen molar-refractivity contribution in [3.8, 4) is 0 Å². The standard InChI is InChI=1S/C15H32O2Si/c1-8-10-14(16)12-9-11-13(2)17-18(6,7)15(3,4)5/h13H,8-12H2,1-7H3/t13-/m0/s1. The van der Waals surface area contributed by atoms with Crippen molar-refractivity contribution < 1.29 is 9.22 Å². The molecule has 0 fully saturated rings. The lowest BCUT2D eigenvalue weighted by Crippen LogP contribution is -2.43. The van der Waals surface area contributed by atoms with Crippen molar-refractivity contribution in [2.75, 3.05) is 0 Å². The molecule has 0 saturated carbocycles. The summed E-state index contributed by atoms with van der Waals surface area (Å²) in [5.74, 6) is 0.400. The average Bonchev–Trinajstić information content (AvgIpc) is 2.15. The van der Waals surface area contributed by atoms with Crippen LogP contribution in [0.4, 0.5) is 0 Å². The molecule has 0 aromatic carbocycles. The monoisotopic (exact) mass is 272 g/mol. The van der Waals surface area contributed by atoms with E-state index in [1.165, 1.54) is 0 Å². The van der Waals surface area contributed by atoms with E-state index in [0.717, 1.165) is 32.1 Å². The van der Waals surface area contributed by atoms with Crippen molar-refractivity contribution in [3.05, 3.63) is 0 Å². The van der Waals surface area contributed by atoms with Crippen LogP contribution in [0.3, 0.4) is 0 Å². The number of carbonyl (C=O) groups is 1. The molecule has 0 aliphatic carbocycles. The van der Waals surface area contributed by atoms with Gasteiger partial charge in [-0.3, -0.25) is 4.79 Å². The van der Waals surface area contributed by atoms with E-state index in [2.05, 4.69) is 47.7 Å². The Bertz CT molecular complexity index is 254. The summed E-state index contributed by atoms with van der Waals surface area (Å²) in [7, 11) is -1.65. The summed E-state index contributed by atoms with van der Waals surface area (Å²) in [6.07, 6.45) is 4.67. The van der Waals surface area contributed by atoms with Gasteiger partial charge >= 0.3 is 0 Å². The van der Waals surface area contributed by atoms with Crippen LogP contribution in [0.2, 0.25) is 18.1 Å². The third-order valence-corrected chi connectivity index (χ3v) is 8.50. The number of hydrogen-bond acceptors (Lipinski definition) is 2. The molecule has 0 heterocycles. The first-order valence-corrected chi connectivity index (χ1v) is 10.2. The van der Waals surface area contributed by atoms with Gasteiger partial charge in [-0.05, 0) is 44.3 Å². The van der Waals surface area contributed by atoms with Crippen LogP contribution in [0, 0.1) is 0 Å². The summed E-state index contributed by atoms with van der Waals surface area (Å²) in [5.41, 5.74) is 0. The lowest BCUT2D eigenvalue weighted by atomic mass is 10.1. The molecule has 18 heavy (non-hydrogen) atoms. The van der Waals surface area contributed by atoms with Crippen LogP contribution in [0.5, 0.6) is 0 Å². The van der Waals surface area contributed by atoms with Crippen LogP contribution >= 0.6 is 0 Å². The molecule has 0 saturated heterocycles. The topological polar surface area (TPSA) is 26.3 Å². The molecular formula is C15H32O2Si. The molecule has 0 rings (SSSR count). The van der Waals surface area contributed by atoms with Crippen molar-refractivity contribution in [2.24, 2.45) is 0 Å². The largest absolute Gasteiger partial charge is 0.414 e. The third-order valence-electron chi connectivity index (χ3n) is 3.90. The molecule has 0 aromatic heterocycles. The van der Waals surface area contributed by atoms with E-state index >= 15 is 0 Å². The molecule has 1 atom stereocenters. The third kappa shape index (κ3) is 6.69. The minimum atomic E-state index is -1.65. The second-order valence-corrected chi connectivity index (χ2v) is 11.6. The van der Waals surface area contributed by atoms with E-state index in [1.54, 1.807) is 0 Å². The second kappa shape index (κ2) is 7.44. The molecule has 0 bridgehead atoms. The fourth-order valence-electron chi connectivity index (χ4n) is 1.73. The van der Waals surface area contributed by atoms with Crippen LogP contribution in [-0.2, 0) is 9.22 Å². The zero-order chi connectivity index (χ0) is 14.4. The lowest BCUT2D eigenvalue weighted by Gasteiger charge is -2.38. The molecule has 0 aliphatic rings. The fourth-order valence-corrected chi connectivity index (χ4v) is 3.21. The Morgan fingerprint density at radius 1 is 1.22 bits per heavy atom. The quantitative estimate of drug-likeness (QED) is 0.585. The van der Waals surface area contributed by atoms with E-state index in [9.17, 15) is 4.79 Å². The Hall–Kier alpha value is -0.153. The zero-order valence-electron chi connectivity index (χ0n) is 13.4. The van der Waals surface area contributed by atoms with Crippen LogP contribution in [0.25, 0.3) is 0 Å². The number of Topliss-reactive ketones (excluding diaryl/α,β-unsaturated/α-hetero) is 1. The van der Waals surface area contributed by atoms with Crippen LogP contribution in [0.15, 0.2) is 0 Å². The molecule has 0 unspecified atom stereocenters. The summed E-state index contributed by atoms with van der Waals surface area (Å²) in [4.78, 5) is 11.4. The van der Waals surface area contributed by atoms with Gasteiger partial charge in [-0.2, -0.15) is 0 Å². The van der Waals surface area contributed by atoms with Crippen molar-refractivity contribution in [3.63, 3.8) is 0 Å². The van der Waals surface area contributed by atoms with Crippen molar-refractivity contribution in [1.29, 1.82) is 0 Å². The number of carbonyl (C=O) groups excluding carboxylic acids is 1. The summed E-state index contributed by atoms with van der Waals surface area (Å²) >= 11 is 0. The van der Waals surface area contributed by atoms with Crippen LogP contribution in [-0.4, -0.2) is 20.2 Å². The maximum atomic E-state index is 11.4. The van der Waals surface area contributed by atoms with Crippen molar-refractivity contribution >= 4 is 14.1 Å². The number of hydrogen-bond donors (Lipinski definition) is 0. The van der Waals surface area contributed by atoms with Gasteiger partial charge in [-0.15, -0.1) is 0 Å². The van der Waals surface area contributed by atoms with Crippen molar-refractivity contribution in [2.45, 2.75) is 91.0 Å². The number of rotatable bonds is 8. The first-order chi connectivity index (χ1) is 8.10. The molecule has 3 heteroatoms. The Morgan fingerprint density at radius 2 is 1.78 bits per heavy atom. The second-order valence-electron chi connectivity index (χ2n) is 6.87. The Balaban J connectivity index is 3.98. The van der Waals surface area contributed by atoms with Crippen LogP contribution < -0.4 is 0 Å². The predicted molar refractivity (Wildman–Crippen MR) is 81.5 cm³/mol. The van der Waals surface area contributed by atoms with Gasteiger partial charge in [-0.25, -0.2) is 0 Å². The Labute approximate surface area is 115 Å². The summed E-state index contributed by atoms with van der Waals surface area (Å²) in [6, 6.07) is 0. The average molecular weight is 273 g/mol. The van der Waals surface area contributed by atoms with E-state index < -0.39 is 8.32 Å². The van der Waals surface area contributed by atoms with Gasteiger partial charge in [0.1, 0.15) is 5.78 Å². The first kappa shape index (κ1) is 17.8. The highest BCUT2D eigenvalue weighted by Gasteiger charge is 2.38. The Kier molecular flexibility index (Phi) is 7.38. The summed E-state index contributed by atoms with van der Waals surface area (Å²) in [6.45, 7) is 15.5. The van der Waals surface area contributed by atoms with Gasteiger partial charge in [0.25, 0.3) is 0 Å². The van der Waals surface area contributed by atoms with Gasteiger partial charge in [0.15, 0.2) is 8.32 Å². The highest BCUT2D eigenvalue weighted by atomic mass is 28.4. The SMILES string of the molecule is CCCC(=O)CCC[C@H](C)O[Si](C)(C)C(C)(C)C. The normalized spacial score (nSPS) is 14.6. The fraction of sp³-hybridized carbons (Fsp3) is 0.933. The number of ketones is 1. The molecule has 108 valence electrons. The molecule has 0 spiro atoms. The summed E-state index contributed by atoms with van der Waals surface area (Å²) < 4.78 is 6.27. The lowest BCUT2D eigenvalue weighted by molar-refractivity contribution is -0.119. The van der Waals surface area contributed by atoms with Crippen LogP contribution in [0.1, 0.15) is 66.7 Å². The molecule has 0 aromatic rings. The van der Waals surface area contributed by atoms with Gasteiger partial charge < -0.3 is 4.43 Å². The van der Waals surface area contributed by atoms with E-state index in [0.29, 0.717) is 5.78 Å². The van der Waals surface area contributed by atoms with E-state index in [1.807, 2.05) is 0 Å². The highest BCUT2D eigenvalue weighted by molar-refractivity contribution is 6.74. The van der Waals surface area contributed by atoms with Crippen molar-refractivity contribution in [1.82, 2.24) is 0 Å². The Morgan fingerprint density at radius 3 is 2.22 bits per heavy atom. The molecule has 2 nitrogen and oxygen atoms in total. The van der Waals surface area contributed by atoms with E-state index in [4.69, 9.17) is 4.43 Å². The highest BCUT2D eigenvalue weighted by Crippen LogP contribution is 2.37. The molecule has 0 radical (unpaired) electrons. The van der Waals surface area contributed by atoms with Gasteiger partial charge in [0.05, 0.1) is 0 Å². The molecule has 0 N–H and O–H groups in total. The maximum absolute atomic E-state index is 11.4. The predicted octanol–water partition coefficient (Wildman–Crippen LogP) is 4.94. The zero-order valence-corrected chi connectivity index (χ0v) is 14.4. The van der Waals surface area contributed by atoms with Gasteiger partial charge in [0, 0.05) is 18.9 Å². The summed E-state index contributed by atoms with van der Waals surface area (Å²) in [5, 5.41) is 0.263. The van der Waals surface area contributed by atoms with Gasteiger partial charge in [-0.1, -0.05) is 27.7 Å². The molecule has 0 amide bonds. The first-order valence-electron chi connectivity index (χ1n) is 7.29. The molecular weight excluding hydrogens is 240 g/mol. The minimum Gasteiger partial charge on any atom is -0.414 e. The maximum Gasteiger partial charge on any atom is 0.192 e. The minimum absolute atomic E-state index is 0.263. The molecule has 0 aliphatic heterocycles. The van der Waals surface area contributed by atoms with E-state index in [-0.39, 0.29) is 11.1 Å².